The molecule has 0 bridgehead atoms. The maximum atomic E-state index is 11.8. The van der Waals surface area contributed by atoms with Crippen molar-refractivity contribution in [3.63, 3.8) is 0 Å². The molecule has 0 spiro atoms. The summed E-state index contributed by atoms with van der Waals surface area (Å²) in [6.45, 7) is 6.05. The third-order valence-corrected chi connectivity index (χ3v) is 3.21. The number of hydrogen-bond donors (Lipinski definition) is 0. The van der Waals surface area contributed by atoms with Crippen LogP contribution in [-0.4, -0.2) is 30.6 Å². The van der Waals surface area contributed by atoms with E-state index >= 15 is 0 Å². The van der Waals surface area contributed by atoms with Crippen LogP contribution in [0.2, 0.25) is 0 Å². The van der Waals surface area contributed by atoms with Crippen LogP contribution < -0.4 is 0 Å². The van der Waals surface area contributed by atoms with Crippen LogP contribution in [0.25, 0.3) is 0 Å². The average Bonchev–Trinajstić information content (AvgIpc) is 2.51. The minimum absolute atomic E-state index is 0.0538. The number of carbonyl (C=O) groups excluding carboxylic acids is 1. The van der Waals surface area contributed by atoms with Crippen LogP contribution in [-0.2, 0) is 19.0 Å². The summed E-state index contributed by atoms with van der Waals surface area (Å²) >= 11 is 0. The van der Waals surface area contributed by atoms with E-state index in [2.05, 4.69) is 0 Å². The second kappa shape index (κ2) is 4.34. The molecule has 1 aliphatic carbocycles. The molecule has 1 saturated heterocycles. The summed E-state index contributed by atoms with van der Waals surface area (Å²) in [4.78, 5) is 11.8. The van der Waals surface area contributed by atoms with Crippen LogP contribution in [0, 0.1) is 5.92 Å². The monoisotopic (exact) mass is 228 g/mol. The molecule has 1 heterocycles. The van der Waals surface area contributed by atoms with Crippen molar-refractivity contribution in [1.82, 2.24) is 0 Å². The molecule has 0 aromatic carbocycles. The predicted octanol–water partition coefficient (Wildman–Crippen LogP) is 1.87. The fourth-order valence-corrected chi connectivity index (χ4v) is 2.63. The van der Waals surface area contributed by atoms with E-state index in [0.717, 1.165) is 19.3 Å². The molecule has 2 aliphatic rings. The summed E-state index contributed by atoms with van der Waals surface area (Å²) in [5.41, 5.74) is 0. The first-order valence-corrected chi connectivity index (χ1v) is 6.06. The molecule has 0 aromatic rings. The van der Waals surface area contributed by atoms with Gasteiger partial charge in [0.2, 0.25) is 0 Å². The maximum absolute atomic E-state index is 11.8. The Morgan fingerprint density at radius 1 is 1.38 bits per heavy atom. The highest BCUT2D eigenvalue weighted by molar-refractivity contribution is 5.73. The Balaban J connectivity index is 2.07. The van der Waals surface area contributed by atoms with Crippen LogP contribution in [0.4, 0.5) is 0 Å². The molecule has 16 heavy (non-hydrogen) atoms. The van der Waals surface area contributed by atoms with Crippen molar-refractivity contribution in [3.8, 4) is 0 Å². The summed E-state index contributed by atoms with van der Waals surface area (Å²) in [7, 11) is 0. The van der Waals surface area contributed by atoms with Crippen molar-refractivity contribution in [2.45, 2.75) is 58.0 Å². The molecular weight excluding hydrogens is 208 g/mol. The van der Waals surface area contributed by atoms with Gasteiger partial charge in [0.25, 0.3) is 0 Å². The zero-order chi connectivity index (χ0) is 11.8. The summed E-state index contributed by atoms with van der Waals surface area (Å²) in [6.07, 6.45) is 2.76. The van der Waals surface area contributed by atoms with Crippen molar-refractivity contribution in [1.29, 1.82) is 0 Å². The topological polar surface area (TPSA) is 44.8 Å². The molecule has 4 nitrogen and oxygen atoms in total. The van der Waals surface area contributed by atoms with Gasteiger partial charge in [-0.3, -0.25) is 4.79 Å². The van der Waals surface area contributed by atoms with Gasteiger partial charge < -0.3 is 14.2 Å². The lowest BCUT2D eigenvalue weighted by atomic mass is 9.84. The van der Waals surface area contributed by atoms with Gasteiger partial charge in [-0.1, -0.05) is 0 Å². The van der Waals surface area contributed by atoms with Crippen LogP contribution in [0.5, 0.6) is 0 Å². The molecule has 0 amide bonds. The number of ether oxygens (including phenoxy) is 3. The van der Waals surface area contributed by atoms with E-state index in [-0.39, 0.29) is 24.1 Å². The molecular formula is C12H20O4. The summed E-state index contributed by atoms with van der Waals surface area (Å²) in [5, 5.41) is 0. The molecule has 4 heteroatoms. The molecule has 0 N–H and O–H groups in total. The first-order valence-electron chi connectivity index (χ1n) is 6.06. The van der Waals surface area contributed by atoms with Crippen molar-refractivity contribution < 1.29 is 19.0 Å². The standard InChI is InChI=1S/C12H20O4/c1-4-14-11(13)8-6-5-7-9-10(8)16-12(2,3)15-9/h8-10H,4-7H2,1-3H3. The Morgan fingerprint density at radius 2 is 2.12 bits per heavy atom. The fraction of sp³-hybridized carbons (Fsp3) is 0.917. The molecule has 2 fully saturated rings. The SMILES string of the molecule is CCOC(=O)C1CCCC2OC(C)(C)OC21. The first kappa shape index (κ1) is 11.9. The predicted molar refractivity (Wildman–Crippen MR) is 57.8 cm³/mol. The quantitative estimate of drug-likeness (QED) is 0.677. The largest absolute Gasteiger partial charge is 0.466 e. The lowest BCUT2D eigenvalue weighted by Gasteiger charge is -2.29. The van der Waals surface area contributed by atoms with Gasteiger partial charge in [-0.2, -0.15) is 0 Å². The minimum atomic E-state index is -0.565. The van der Waals surface area contributed by atoms with Crippen LogP contribution in [0.3, 0.4) is 0 Å². The Kier molecular flexibility index (Phi) is 3.22. The Hall–Kier alpha value is -0.610. The zero-order valence-electron chi connectivity index (χ0n) is 10.2. The van der Waals surface area contributed by atoms with Crippen LogP contribution in [0.1, 0.15) is 40.0 Å². The molecule has 1 saturated carbocycles. The third kappa shape index (κ3) is 2.23. The number of esters is 1. The molecule has 1 aliphatic heterocycles. The van der Waals surface area contributed by atoms with E-state index in [1.54, 1.807) is 0 Å². The van der Waals surface area contributed by atoms with Gasteiger partial charge in [-0.25, -0.2) is 0 Å². The second-order valence-corrected chi connectivity index (χ2v) is 4.93. The normalized spacial score (nSPS) is 36.8. The fourth-order valence-electron chi connectivity index (χ4n) is 2.63. The van der Waals surface area contributed by atoms with E-state index in [0.29, 0.717) is 6.61 Å². The average molecular weight is 228 g/mol. The smallest absolute Gasteiger partial charge is 0.311 e. The van der Waals surface area contributed by atoms with Gasteiger partial charge >= 0.3 is 5.97 Å². The van der Waals surface area contributed by atoms with Crippen molar-refractivity contribution in [3.05, 3.63) is 0 Å². The third-order valence-electron chi connectivity index (χ3n) is 3.21. The van der Waals surface area contributed by atoms with Gasteiger partial charge in [0.1, 0.15) is 6.10 Å². The minimum Gasteiger partial charge on any atom is -0.466 e. The zero-order valence-corrected chi connectivity index (χ0v) is 10.2. The van der Waals surface area contributed by atoms with E-state index < -0.39 is 5.79 Å². The molecule has 0 radical (unpaired) electrons. The van der Waals surface area contributed by atoms with E-state index in [1.807, 2.05) is 20.8 Å². The van der Waals surface area contributed by atoms with Crippen molar-refractivity contribution in [2.75, 3.05) is 6.61 Å². The molecule has 3 atom stereocenters. The van der Waals surface area contributed by atoms with E-state index in [1.165, 1.54) is 0 Å². The second-order valence-electron chi connectivity index (χ2n) is 4.93. The Labute approximate surface area is 96.2 Å². The van der Waals surface area contributed by atoms with Gasteiger partial charge in [-0.05, 0) is 40.0 Å². The van der Waals surface area contributed by atoms with E-state index in [4.69, 9.17) is 14.2 Å². The lowest BCUT2D eigenvalue weighted by molar-refractivity contribution is -0.163. The van der Waals surface area contributed by atoms with Crippen molar-refractivity contribution >= 4 is 5.97 Å². The lowest BCUT2D eigenvalue weighted by Crippen LogP contribution is -2.40. The number of fused-ring (bicyclic) bond motifs is 1. The van der Waals surface area contributed by atoms with Crippen molar-refractivity contribution in [2.24, 2.45) is 5.92 Å². The maximum Gasteiger partial charge on any atom is 0.311 e. The highest BCUT2D eigenvalue weighted by Gasteiger charge is 2.49. The van der Waals surface area contributed by atoms with Crippen LogP contribution >= 0.6 is 0 Å². The number of rotatable bonds is 2. The highest BCUT2D eigenvalue weighted by atomic mass is 16.8. The Morgan fingerprint density at radius 3 is 2.81 bits per heavy atom. The molecule has 3 unspecified atom stereocenters. The van der Waals surface area contributed by atoms with Gasteiger partial charge in [-0.15, -0.1) is 0 Å². The highest BCUT2D eigenvalue weighted by Crippen LogP contribution is 2.40. The summed E-state index contributed by atoms with van der Waals surface area (Å²) in [6, 6.07) is 0. The molecule has 0 aromatic heterocycles. The summed E-state index contributed by atoms with van der Waals surface area (Å²) in [5.74, 6) is -0.858. The first-order chi connectivity index (χ1) is 7.53. The molecule has 2 rings (SSSR count). The number of hydrogen-bond acceptors (Lipinski definition) is 4. The van der Waals surface area contributed by atoms with Gasteiger partial charge in [0.15, 0.2) is 5.79 Å². The number of carbonyl (C=O) groups is 1. The van der Waals surface area contributed by atoms with Gasteiger partial charge in [0, 0.05) is 0 Å². The summed E-state index contributed by atoms with van der Waals surface area (Å²) < 4.78 is 16.7. The van der Waals surface area contributed by atoms with Crippen LogP contribution in [0.15, 0.2) is 0 Å². The van der Waals surface area contributed by atoms with Gasteiger partial charge in [0.05, 0.1) is 18.6 Å². The Bertz CT molecular complexity index is 274. The molecule has 92 valence electrons. The van der Waals surface area contributed by atoms with E-state index in [9.17, 15) is 4.79 Å².